The lowest BCUT2D eigenvalue weighted by Gasteiger charge is -2.13. The molecule has 0 aliphatic heterocycles. The number of aliphatic carboxylic acids is 1. The van der Waals surface area contributed by atoms with Crippen molar-refractivity contribution in [2.24, 2.45) is 0 Å². The summed E-state index contributed by atoms with van der Waals surface area (Å²) in [5.74, 6) is -1.24. The largest absolute Gasteiger partial charge is 0.481 e. The fraction of sp³-hybridized carbons (Fsp3) is 0.385. The second-order valence-corrected chi connectivity index (χ2v) is 6.51. The summed E-state index contributed by atoms with van der Waals surface area (Å²) in [7, 11) is -3.35. The maximum Gasteiger partial charge on any atom is 0.303 e. The molecule has 1 amide bonds. The first kappa shape index (κ1) is 17.0. The van der Waals surface area contributed by atoms with Crippen LogP contribution in [0.3, 0.4) is 0 Å². The van der Waals surface area contributed by atoms with Crippen LogP contribution in [0.15, 0.2) is 24.3 Å². The number of nitrogens with one attached hydrogen (secondary N) is 2. The van der Waals surface area contributed by atoms with Gasteiger partial charge in [-0.25, -0.2) is 8.42 Å². The van der Waals surface area contributed by atoms with Gasteiger partial charge in [0.05, 0.1) is 6.26 Å². The third-order valence-electron chi connectivity index (χ3n) is 2.62. The van der Waals surface area contributed by atoms with Crippen molar-refractivity contribution in [1.29, 1.82) is 0 Å². The van der Waals surface area contributed by atoms with Crippen LogP contribution < -0.4 is 10.0 Å². The zero-order chi connectivity index (χ0) is 16.0. The minimum Gasteiger partial charge on any atom is -0.481 e. The monoisotopic (exact) mass is 314 g/mol. The van der Waals surface area contributed by atoms with Crippen molar-refractivity contribution < 1.29 is 23.1 Å². The Hall–Kier alpha value is -2.09. The summed E-state index contributed by atoms with van der Waals surface area (Å²) < 4.78 is 24.4. The summed E-state index contributed by atoms with van der Waals surface area (Å²) in [5.41, 5.74) is 0.740. The Morgan fingerprint density at radius 2 is 1.81 bits per heavy atom. The van der Waals surface area contributed by atoms with E-state index in [-0.39, 0.29) is 18.4 Å². The molecule has 0 aliphatic rings. The Balaban J connectivity index is 2.61. The number of carbonyl (C=O) groups excluding carboxylic acids is 1. The van der Waals surface area contributed by atoms with E-state index < -0.39 is 16.0 Å². The van der Waals surface area contributed by atoms with Crippen LogP contribution in [0.5, 0.6) is 0 Å². The second-order valence-electron chi connectivity index (χ2n) is 4.76. The second kappa shape index (κ2) is 7.07. The van der Waals surface area contributed by atoms with Crippen LogP contribution >= 0.6 is 0 Å². The third-order valence-corrected chi connectivity index (χ3v) is 3.23. The average Bonchev–Trinajstić information content (AvgIpc) is 2.35. The standard InChI is InChI=1S/C13H18N2O5S/c1-9(3-8-12(16)17)14-13(18)10-4-6-11(7-5-10)15-21(2,19)20/h4-7,9,15H,3,8H2,1-2H3,(H,14,18)(H,16,17). The number of anilines is 1. The molecule has 21 heavy (non-hydrogen) atoms. The van der Waals surface area contributed by atoms with Crippen molar-refractivity contribution in [2.75, 3.05) is 11.0 Å². The van der Waals surface area contributed by atoms with Crippen LogP contribution in [-0.2, 0) is 14.8 Å². The fourth-order valence-electron chi connectivity index (χ4n) is 1.62. The van der Waals surface area contributed by atoms with Gasteiger partial charge in [0, 0.05) is 23.7 Å². The third kappa shape index (κ3) is 6.75. The Morgan fingerprint density at radius 1 is 1.24 bits per heavy atom. The molecule has 1 rings (SSSR count). The predicted octanol–water partition coefficient (Wildman–Crippen LogP) is 1.04. The van der Waals surface area contributed by atoms with Gasteiger partial charge in [0.1, 0.15) is 0 Å². The van der Waals surface area contributed by atoms with Crippen LogP contribution in [0.25, 0.3) is 0 Å². The highest BCUT2D eigenvalue weighted by Crippen LogP contribution is 2.11. The first-order valence-electron chi connectivity index (χ1n) is 6.28. The molecule has 0 saturated heterocycles. The molecular weight excluding hydrogens is 296 g/mol. The first-order valence-corrected chi connectivity index (χ1v) is 8.17. The van der Waals surface area contributed by atoms with Crippen molar-refractivity contribution in [3.8, 4) is 0 Å². The number of carbonyl (C=O) groups is 2. The van der Waals surface area contributed by atoms with Crippen molar-refractivity contribution in [2.45, 2.75) is 25.8 Å². The van der Waals surface area contributed by atoms with Gasteiger partial charge in [0.15, 0.2) is 0 Å². The number of carboxylic acids is 1. The summed E-state index contributed by atoms with van der Waals surface area (Å²) in [6, 6.07) is 5.69. The molecule has 1 atom stereocenters. The van der Waals surface area contributed by atoms with Crippen LogP contribution in [-0.4, -0.2) is 37.7 Å². The smallest absolute Gasteiger partial charge is 0.303 e. The SMILES string of the molecule is CC(CCC(=O)O)NC(=O)c1ccc(NS(C)(=O)=O)cc1. The Labute approximate surface area is 123 Å². The molecule has 0 heterocycles. The van der Waals surface area contributed by atoms with E-state index in [2.05, 4.69) is 10.0 Å². The molecule has 1 unspecified atom stereocenters. The summed E-state index contributed by atoms with van der Waals surface area (Å²) in [5, 5.41) is 11.2. The zero-order valence-electron chi connectivity index (χ0n) is 11.8. The number of benzene rings is 1. The molecular formula is C13H18N2O5S. The lowest BCUT2D eigenvalue weighted by molar-refractivity contribution is -0.137. The van der Waals surface area contributed by atoms with Gasteiger partial charge < -0.3 is 10.4 Å². The van der Waals surface area contributed by atoms with Gasteiger partial charge in [-0.3, -0.25) is 14.3 Å². The number of carboxylic acid groups (broad SMARTS) is 1. The lowest BCUT2D eigenvalue weighted by Crippen LogP contribution is -2.32. The lowest BCUT2D eigenvalue weighted by atomic mass is 10.1. The molecule has 1 aromatic carbocycles. The first-order chi connectivity index (χ1) is 9.67. The molecule has 0 saturated carbocycles. The molecule has 0 fully saturated rings. The van der Waals surface area contributed by atoms with Gasteiger partial charge >= 0.3 is 5.97 Å². The molecule has 7 nitrogen and oxygen atoms in total. The fourth-order valence-corrected chi connectivity index (χ4v) is 2.19. The van der Waals surface area contributed by atoms with Gasteiger partial charge in [-0.2, -0.15) is 0 Å². The quantitative estimate of drug-likeness (QED) is 0.696. The number of amides is 1. The Morgan fingerprint density at radius 3 is 2.29 bits per heavy atom. The van der Waals surface area contributed by atoms with Crippen LogP contribution in [0.4, 0.5) is 5.69 Å². The van der Waals surface area contributed by atoms with Crippen LogP contribution in [0.1, 0.15) is 30.1 Å². The van der Waals surface area contributed by atoms with Crippen molar-refractivity contribution >= 4 is 27.6 Å². The van der Waals surface area contributed by atoms with Crippen LogP contribution in [0, 0.1) is 0 Å². The number of hydrogen-bond acceptors (Lipinski definition) is 4. The average molecular weight is 314 g/mol. The molecule has 0 aliphatic carbocycles. The van der Waals surface area contributed by atoms with Crippen molar-refractivity contribution in [3.63, 3.8) is 0 Å². The molecule has 0 bridgehead atoms. The van der Waals surface area contributed by atoms with Crippen molar-refractivity contribution in [3.05, 3.63) is 29.8 Å². The molecule has 116 valence electrons. The highest BCUT2D eigenvalue weighted by molar-refractivity contribution is 7.92. The number of sulfonamides is 1. The van der Waals surface area contributed by atoms with E-state index in [1.165, 1.54) is 24.3 Å². The van der Waals surface area contributed by atoms with E-state index in [1.54, 1.807) is 6.92 Å². The van der Waals surface area contributed by atoms with Gasteiger partial charge in [-0.1, -0.05) is 0 Å². The molecule has 0 radical (unpaired) electrons. The van der Waals surface area contributed by atoms with Crippen LogP contribution in [0.2, 0.25) is 0 Å². The summed E-state index contributed by atoms with van der Waals surface area (Å²) in [4.78, 5) is 22.3. The minimum absolute atomic E-state index is 0.0152. The Kier molecular flexibility index (Phi) is 5.71. The normalized spacial score (nSPS) is 12.5. The topological polar surface area (TPSA) is 113 Å². The van der Waals surface area contributed by atoms with E-state index in [4.69, 9.17) is 5.11 Å². The molecule has 0 spiro atoms. The Bertz CT molecular complexity index is 610. The summed E-state index contributed by atoms with van der Waals surface area (Å²) in [6.07, 6.45) is 1.37. The number of rotatable bonds is 7. The maximum absolute atomic E-state index is 11.9. The minimum atomic E-state index is -3.35. The van der Waals surface area contributed by atoms with Gasteiger partial charge in [-0.15, -0.1) is 0 Å². The van der Waals surface area contributed by atoms with Gasteiger partial charge in [0.25, 0.3) is 5.91 Å². The maximum atomic E-state index is 11.9. The summed E-state index contributed by atoms with van der Waals surface area (Å²) >= 11 is 0. The van der Waals surface area contributed by atoms with E-state index >= 15 is 0 Å². The van der Waals surface area contributed by atoms with E-state index in [0.717, 1.165) is 6.26 Å². The highest BCUT2D eigenvalue weighted by Gasteiger charge is 2.11. The molecule has 3 N–H and O–H groups in total. The molecule has 8 heteroatoms. The number of hydrogen-bond donors (Lipinski definition) is 3. The molecule has 0 aromatic heterocycles. The molecule has 1 aromatic rings. The van der Waals surface area contributed by atoms with Gasteiger partial charge in [0.2, 0.25) is 10.0 Å². The zero-order valence-corrected chi connectivity index (χ0v) is 12.6. The van der Waals surface area contributed by atoms with Crippen molar-refractivity contribution in [1.82, 2.24) is 5.32 Å². The van der Waals surface area contributed by atoms with E-state index in [0.29, 0.717) is 17.7 Å². The highest BCUT2D eigenvalue weighted by atomic mass is 32.2. The summed E-state index contributed by atoms with van der Waals surface area (Å²) in [6.45, 7) is 1.72. The predicted molar refractivity (Wildman–Crippen MR) is 78.7 cm³/mol. The van der Waals surface area contributed by atoms with E-state index in [9.17, 15) is 18.0 Å². The van der Waals surface area contributed by atoms with E-state index in [1.807, 2.05) is 0 Å². The van der Waals surface area contributed by atoms with Gasteiger partial charge in [-0.05, 0) is 37.6 Å².